The van der Waals surface area contributed by atoms with Crippen LogP contribution in [0.4, 0.5) is 0 Å². The summed E-state index contributed by atoms with van der Waals surface area (Å²) in [7, 11) is -3.10. The summed E-state index contributed by atoms with van der Waals surface area (Å²) < 4.78 is 13.4. The first-order chi connectivity index (χ1) is 12.4. The molecule has 0 aliphatic carbocycles. The first-order valence-electron chi connectivity index (χ1n) is 11.7. The minimum absolute atomic E-state index is 0.0320. The number of rotatable bonds is 18. The van der Waals surface area contributed by atoms with Gasteiger partial charge in [-0.3, -0.25) is 4.57 Å². The summed E-state index contributed by atoms with van der Waals surface area (Å²) in [6.45, 7) is 10.9. The molecular weight excluding hydrogens is 339 g/mol. The van der Waals surface area contributed by atoms with Crippen molar-refractivity contribution in [3.63, 3.8) is 0 Å². The summed E-state index contributed by atoms with van der Waals surface area (Å²) in [5.41, 5.74) is -0.0206. The van der Waals surface area contributed by atoms with E-state index in [-0.39, 0.29) is 11.3 Å². The molecule has 0 radical (unpaired) electrons. The fourth-order valence-electron chi connectivity index (χ4n) is 4.05. The lowest BCUT2D eigenvalue weighted by Gasteiger charge is -2.31. The van der Waals surface area contributed by atoms with E-state index >= 15 is 0 Å². The average molecular weight is 389 g/mol. The molecule has 0 saturated carbocycles. The third-order valence-corrected chi connectivity index (χ3v) is 9.44. The summed E-state index contributed by atoms with van der Waals surface area (Å²) in [5.74, 6) is 0.350. The maximum absolute atomic E-state index is 13.4. The van der Waals surface area contributed by atoms with Crippen molar-refractivity contribution in [3.8, 4) is 0 Å². The zero-order chi connectivity index (χ0) is 19.8. The van der Waals surface area contributed by atoms with Crippen molar-refractivity contribution in [2.75, 3.05) is 0 Å². The van der Waals surface area contributed by atoms with Crippen molar-refractivity contribution >= 4 is 7.37 Å². The molecule has 158 valence electrons. The molecule has 0 aliphatic rings. The van der Waals surface area contributed by atoms with Gasteiger partial charge >= 0.3 is 0 Å². The van der Waals surface area contributed by atoms with Crippen LogP contribution in [0.3, 0.4) is 0 Å². The Labute approximate surface area is 165 Å². The highest BCUT2D eigenvalue weighted by Crippen LogP contribution is 2.57. The normalized spacial score (nSPS) is 17.6. The van der Waals surface area contributed by atoms with Crippen molar-refractivity contribution < 1.29 is 9.46 Å². The molecule has 0 spiro atoms. The Balaban J connectivity index is 4.63. The summed E-state index contributed by atoms with van der Waals surface area (Å²) in [6.07, 6.45) is 17.8. The van der Waals surface area contributed by atoms with Crippen LogP contribution in [0.1, 0.15) is 131 Å². The van der Waals surface area contributed by atoms with Gasteiger partial charge in [0, 0.05) is 11.3 Å². The maximum Gasteiger partial charge on any atom is 0.206 e. The van der Waals surface area contributed by atoms with Gasteiger partial charge in [0.25, 0.3) is 0 Å². The third-order valence-electron chi connectivity index (χ3n) is 6.21. The summed E-state index contributed by atoms with van der Waals surface area (Å²) in [4.78, 5) is 11.0. The van der Waals surface area contributed by atoms with E-state index in [0.29, 0.717) is 5.92 Å². The third kappa shape index (κ3) is 11.1. The van der Waals surface area contributed by atoms with Crippen LogP contribution in [-0.4, -0.2) is 16.2 Å². The fourth-order valence-corrected chi connectivity index (χ4v) is 6.70. The van der Waals surface area contributed by atoms with Crippen molar-refractivity contribution in [1.82, 2.24) is 0 Å². The molecule has 1 N–H and O–H groups in total. The Morgan fingerprint density at radius 1 is 0.654 bits per heavy atom. The Bertz CT molecular complexity index is 356. The Kier molecular flexibility index (Phi) is 16.3. The Morgan fingerprint density at radius 3 is 1.50 bits per heavy atom. The lowest BCUT2D eigenvalue weighted by Crippen LogP contribution is -2.22. The van der Waals surface area contributed by atoms with Crippen LogP contribution >= 0.6 is 7.37 Å². The van der Waals surface area contributed by atoms with E-state index in [0.717, 1.165) is 38.5 Å². The zero-order valence-electron chi connectivity index (χ0n) is 18.6. The summed E-state index contributed by atoms with van der Waals surface area (Å²) >= 11 is 0. The minimum Gasteiger partial charge on any atom is -0.344 e. The van der Waals surface area contributed by atoms with Crippen molar-refractivity contribution in [2.24, 2.45) is 5.92 Å². The smallest absolute Gasteiger partial charge is 0.206 e. The summed E-state index contributed by atoms with van der Waals surface area (Å²) in [6, 6.07) is 0. The van der Waals surface area contributed by atoms with Crippen LogP contribution < -0.4 is 0 Å². The van der Waals surface area contributed by atoms with E-state index in [1.165, 1.54) is 57.8 Å². The molecular formula is C23H49O2P. The van der Waals surface area contributed by atoms with Gasteiger partial charge in [-0.05, 0) is 18.8 Å². The van der Waals surface area contributed by atoms with Gasteiger partial charge in [-0.1, -0.05) is 118 Å². The van der Waals surface area contributed by atoms with Gasteiger partial charge in [0.1, 0.15) is 0 Å². The predicted octanol–water partition coefficient (Wildman–Crippen LogP) is 8.56. The van der Waals surface area contributed by atoms with E-state index < -0.39 is 7.37 Å². The highest BCUT2D eigenvalue weighted by atomic mass is 31.2. The van der Waals surface area contributed by atoms with E-state index in [4.69, 9.17) is 0 Å². The maximum atomic E-state index is 13.4. The van der Waals surface area contributed by atoms with Gasteiger partial charge in [0.05, 0.1) is 0 Å². The number of hydrogen-bond acceptors (Lipinski definition) is 1. The first-order valence-corrected chi connectivity index (χ1v) is 13.5. The monoisotopic (exact) mass is 388 g/mol. The number of hydrogen-bond donors (Lipinski definition) is 1. The van der Waals surface area contributed by atoms with E-state index in [2.05, 4.69) is 27.7 Å². The van der Waals surface area contributed by atoms with Gasteiger partial charge < -0.3 is 4.89 Å². The lowest BCUT2D eigenvalue weighted by molar-refractivity contribution is 0.397. The predicted molar refractivity (Wildman–Crippen MR) is 119 cm³/mol. The van der Waals surface area contributed by atoms with Crippen molar-refractivity contribution in [1.29, 1.82) is 0 Å². The zero-order valence-corrected chi connectivity index (χ0v) is 19.5. The molecule has 0 rings (SSSR count). The van der Waals surface area contributed by atoms with Gasteiger partial charge in [0.2, 0.25) is 7.37 Å². The highest BCUT2D eigenvalue weighted by molar-refractivity contribution is 7.59. The van der Waals surface area contributed by atoms with Crippen LogP contribution in [0.5, 0.6) is 0 Å². The second-order valence-corrected chi connectivity index (χ2v) is 11.5. The number of unbranched alkanes of at least 4 members (excludes halogenated alkanes) is 9. The minimum atomic E-state index is -3.10. The van der Waals surface area contributed by atoms with Crippen LogP contribution in [0.15, 0.2) is 0 Å². The molecule has 3 heteroatoms. The lowest BCUT2D eigenvalue weighted by atomic mass is 10.0. The molecule has 0 aromatic rings. The van der Waals surface area contributed by atoms with E-state index in [1.807, 2.05) is 6.92 Å². The largest absolute Gasteiger partial charge is 0.344 e. The molecule has 0 heterocycles. The van der Waals surface area contributed by atoms with E-state index in [1.54, 1.807) is 0 Å². The molecule has 0 aromatic heterocycles. The molecule has 4 atom stereocenters. The van der Waals surface area contributed by atoms with Crippen molar-refractivity contribution in [2.45, 2.75) is 142 Å². The Morgan fingerprint density at radius 2 is 1.08 bits per heavy atom. The van der Waals surface area contributed by atoms with Crippen LogP contribution in [0.2, 0.25) is 0 Å². The van der Waals surface area contributed by atoms with Gasteiger partial charge in [0.15, 0.2) is 0 Å². The topological polar surface area (TPSA) is 37.3 Å². The molecule has 0 aliphatic heterocycles. The molecule has 0 fully saturated rings. The second-order valence-electron chi connectivity index (χ2n) is 8.59. The van der Waals surface area contributed by atoms with Gasteiger partial charge in [-0.15, -0.1) is 0 Å². The highest BCUT2D eigenvalue weighted by Gasteiger charge is 2.37. The molecule has 2 nitrogen and oxygen atoms in total. The first kappa shape index (κ1) is 26.2. The Hall–Kier alpha value is 0.190. The molecule has 0 aromatic carbocycles. The summed E-state index contributed by atoms with van der Waals surface area (Å²) in [5, 5.41) is 0. The molecule has 4 unspecified atom stereocenters. The second kappa shape index (κ2) is 16.2. The molecule has 26 heavy (non-hydrogen) atoms. The van der Waals surface area contributed by atoms with Crippen LogP contribution in [0.25, 0.3) is 0 Å². The standard InChI is InChI=1S/C23H49O2P/c1-6-9-11-13-15-17-20-23(19-16-14-12-10-7-2)26(24,25)22(5)21(4)18-8-3/h21-23H,6-20H2,1-5H3,(H,24,25). The van der Waals surface area contributed by atoms with Gasteiger partial charge in [-0.2, -0.15) is 0 Å². The molecule has 0 saturated heterocycles. The van der Waals surface area contributed by atoms with Crippen molar-refractivity contribution in [3.05, 3.63) is 0 Å². The SMILES string of the molecule is CCCCCCCCC(CCCCCCC)P(=O)(O)C(C)C(C)CCC. The quantitative estimate of drug-likeness (QED) is 0.188. The van der Waals surface area contributed by atoms with Crippen LogP contribution in [0, 0.1) is 5.92 Å². The van der Waals surface area contributed by atoms with Gasteiger partial charge in [-0.25, -0.2) is 0 Å². The van der Waals surface area contributed by atoms with Crippen LogP contribution in [-0.2, 0) is 4.57 Å². The fraction of sp³-hybridized carbons (Fsp3) is 1.00. The van der Waals surface area contributed by atoms with E-state index in [9.17, 15) is 9.46 Å². The average Bonchev–Trinajstić information content (AvgIpc) is 2.61. The molecule has 0 bridgehead atoms. The molecule has 0 amide bonds.